The summed E-state index contributed by atoms with van der Waals surface area (Å²) in [6.07, 6.45) is 3.46. The molecule has 1 N–H and O–H groups in total. The third-order valence-corrected chi connectivity index (χ3v) is 7.26. The Morgan fingerprint density at radius 2 is 1.71 bits per heavy atom. The smallest absolute Gasteiger partial charge is 0.299 e. The predicted octanol–water partition coefficient (Wildman–Crippen LogP) is 3.22. The van der Waals surface area contributed by atoms with E-state index < -0.39 is 23.8 Å². The molecule has 0 atom stereocenters. The predicted molar refractivity (Wildman–Crippen MR) is 123 cm³/mol. The first kappa shape index (κ1) is 22.8. The van der Waals surface area contributed by atoms with Gasteiger partial charge in [-0.1, -0.05) is 29.3 Å². The Morgan fingerprint density at radius 3 is 2.44 bits per heavy atom. The molecule has 9 nitrogen and oxygen atoms in total. The number of carbonyl (C=O) groups is 4. The monoisotopic (exact) mass is 501 g/mol. The van der Waals surface area contributed by atoms with Crippen molar-refractivity contribution in [3.8, 4) is 0 Å². The number of amides is 5. The van der Waals surface area contributed by atoms with Gasteiger partial charge in [0.05, 0.1) is 33.4 Å². The van der Waals surface area contributed by atoms with Crippen LogP contribution >= 0.6 is 23.2 Å². The summed E-state index contributed by atoms with van der Waals surface area (Å²) in [6.45, 7) is 2.25. The molecule has 0 saturated carbocycles. The van der Waals surface area contributed by atoms with Gasteiger partial charge in [-0.2, -0.15) is 5.01 Å². The number of aromatic nitrogens is 1. The van der Waals surface area contributed by atoms with E-state index in [1.807, 2.05) is 6.07 Å². The van der Waals surface area contributed by atoms with Crippen LogP contribution in [0.1, 0.15) is 57.2 Å². The van der Waals surface area contributed by atoms with E-state index in [4.69, 9.17) is 23.2 Å². The summed E-state index contributed by atoms with van der Waals surface area (Å²) in [6, 6.07) is 6.07. The zero-order valence-corrected chi connectivity index (χ0v) is 19.6. The van der Waals surface area contributed by atoms with Gasteiger partial charge in [-0.3, -0.25) is 29.6 Å². The molecule has 4 heterocycles. The number of fused-ring (bicyclic) bond motifs is 1. The maximum atomic E-state index is 13.0. The molecule has 0 radical (unpaired) electrons. The van der Waals surface area contributed by atoms with Crippen molar-refractivity contribution in [1.82, 2.24) is 25.2 Å². The first-order valence-electron chi connectivity index (χ1n) is 11.0. The van der Waals surface area contributed by atoms with Gasteiger partial charge >= 0.3 is 6.03 Å². The van der Waals surface area contributed by atoms with Crippen LogP contribution < -0.4 is 5.32 Å². The lowest BCUT2D eigenvalue weighted by Gasteiger charge is -2.32. The third-order valence-electron chi connectivity index (χ3n) is 6.45. The summed E-state index contributed by atoms with van der Waals surface area (Å²) in [5, 5.41) is 4.97. The zero-order valence-electron chi connectivity index (χ0n) is 18.1. The Bertz CT molecular complexity index is 1210. The lowest BCUT2D eigenvalue weighted by atomic mass is 9.92. The Kier molecular flexibility index (Phi) is 6.01. The molecule has 5 amide bonds. The molecule has 176 valence electrons. The molecule has 2 saturated heterocycles. The van der Waals surface area contributed by atoms with Crippen molar-refractivity contribution in [2.75, 3.05) is 19.6 Å². The highest BCUT2D eigenvalue weighted by Gasteiger charge is 2.43. The van der Waals surface area contributed by atoms with Crippen LogP contribution in [0.25, 0.3) is 0 Å². The standard InChI is InChI=1S/C23H21Cl2N5O4/c24-17-3-7-26-20(19(17)25)14-4-8-28(9-5-14)12-13-1-2-15-16(11-13)22(33)30(21(15)32)29-10-6-18(31)27-23(29)34/h1-3,7,11,14H,4-6,8-10,12H2,(H,27,31,34). The number of likely N-dealkylation sites (tertiary alicyclic amines) is 1. The van der Waals surface area contributed by atoms with Crippen molar-refractivity contribution < 1.29 is 19.2 Å². The normalized spacial score (nSPS) is 19.6. The molecule has 3 aliphatic rings. The van der Waals surface area contributed by atoms with Gasteiger partial charge in [0.2, 0.25) is 5.91 Å². The van der Waals surface area contributed by atoms with Crippen LogP contribution in [0.3, 0.4) is 0 Å². The first-order valence-corrected chi connectivity index (χ1v) is 11.7. The second kappa shape index (κ2) is 8.98. The largest absolute Gasteiger partial charge is 0.343 e. The summed E-state index contributed by atoms with van der Waals surface area (Å²) < 4.78 is 0. The van der Waals surface area contributed by atoms with Crippen molar-refractivity contribution >= 4 is 47.0 Å². The number of halogens is 2. The van der Waals surface area contributed by atoms with Gasteiger partial charge in [0, 0.05) is 25.1 Å². The first-order chi connectivity index (χ1) is 16.3. The van der Waals surface area contributed by atoms with Crippen molar-refractivity contribution in [3.63, 3.8) is 0 Å². The highest BCUT2D eigenvalue weighted by Crippen LogP contribution is 2.35. The van der Waals surface area contributed by atoms with E-state index in [1.165, 1.54) is 0 Å². The molecular formula is C23H21Cl2N5O4. The minimum absolute atomic E-state index is 0.0241. The van der Waals surface area contributed by atoms with Gasteiger partial charge < -0.3 is 0 Å². The van der Waals surface area contributed by atoms with Crippen LogP contribution in [-0.4, -0.2) is 63.3 Å². The van der Waals surface area contributed by atoms with Gasteiger partial charge in [0.25, 0.3) is 11.8 Å². The van der Waals surface area contributed by atoms with Crippen LogP contribution in [0.15, 0.2) is 30.5 Å². The number of hydrogen-bond acceptors (Lipinski definition) is 6. The van der Waals surface area contributed by atoms with Gasteiger partial charge in [0.15, 0.2) is 0 Å². The van der Waals surface area contributed by atoms with Crippen molar-refractivity contribution in [2.24, 2.45) is 0 Å². The van der Waals surface area contributed by atoms with E-state index in [9.17, 15) is 19.2 Å². The molecule has 2 fully saturated rings. The second-order valence-corrected chi connectivity index (χ2v) is 9.36. The van der Waals surface area contributed by atoms with Gasteiger partial charge in [-0.25, -0.2) is 9.80 Å². The molecule has 0 bridgehead atoms. The number of urea groups is 1. The fraction of sp³-hybridized carbons (Fsp3) is 0.348. The topological polar surface area (TPSA) is 103 Å². The van der Waals surface area contributed by atoms with Crippen molar-refractivity contribution in [1.29, 1.82) is 0 Å². The third kappa shape index (κ3) is 4.04. The second-order valence-electron chi connectivity index (χ2n) is 8.57. The Morgan fingerprint density at radius 1 is 0.971 bits per heavy atom. The number of pyridine rings is 1. The number of piperidine rings is 1. The SMILES string of the molecule is O=C1CCN(N2C(=O)c3ccc(CN4CCC(c5nccc(Cl)c5Cl)CC4)cc3C2=O)C(=O)N1. The van der Waals surface area contributed by atoms with Crippen LogP contribution in [-0.2, 0) is 11.3 Å². The molecule has 11 heteroatoms. The Labute approximate surface area is 205 Å². The minimum Gasteiger partial charge on any atom is -0.299 e. The number of imide groups is 2. The molecule has 1 aromatic carbocycles. The molecule has 34 heavy (non-hydrogen) atoms. The fourth-order valence-electron chi connectivity index (χ4n) is 4.68. The summed E-state index contributed by atoms with van der Waals surface area (Å²) in [4.78, 5) is 56.1. The average Bonchev–Trinajstić information content (AvgIpc) is 3.06. The van der Waals surface area contributed by atoms with E-state index in [0.717, 1.165) is 47.2 Å². The van der Waals surface area contributed by atoms with Crippen molar-refractivity contribution in [3.05, 3.63) is 62.9 Å². The molecule has 1 aromatic heterocycles. The van der Waals surface area contributed by atoms with E-state index >= 15 is 0 Å². The maximum absolute atomic E-state index is 13.0. The molecule has 2 aromatic rings. The highest BCUT2D eigenvalue weighted by atomic mass is 35.5. The lowest BCUT2D eigenvalue weighted by molar-refractivity contribution is -0.122. The number of rotatable bonds is 4. The van der Waals surface area contributed by atoms with Crippen LogP contribution in [0, 0.1) is 0 Å². The molecule has 0 aliphatic carbocycles. The summed E-state index contributed by atoms with van der Waals surface area (Å²) in [5.41, 5.74) is 2.24. The molecule has 0 spiro atoms. The molecule has 3 aliphatic heterocycles. The number of benzene rings is 1. The Balaban J connectivity index is 1.26. The number of hydrogen-bond donors (Lipinski definition) is 1. The molecule has 5 rings (SSSR count). The summed E-state index contributed by atoms with van der Waals surface area (Å²) in [5.74, 6) is -1.33. The minimum atomic E-state index is -0.775. The molecule has 0 unspecified atom stereocenters. The number of nitrogens with zero attached hydrogens (tertiary/aromatic N) is 4. The van der Waals surface area contributed by atoms with E-state index in [1.54, 1.807) is 24.4 Å². The summed E-state index contributed by atoms with van der Waals surface area (Å²) >= 11 is 12.5. The quantitative estimate of drug-likeness (QED) is 0.645. The van der Waals surface area contributed by atoms with Gasteiger partial charge in [-0.15, -0.1) is 0 Å². The number of nitrogens with one attached hydrogen (secondary N) is 1. The van der Waals surface area contributed by atoms with E-state index in [0.29, 0.717) is 16.6 Å². The van der Waals surface area contributed by atoms with E-state index in [-0.39, 0.29) is 30.0 Å². The number of carbonyl (C=O) groups excluding carboxylic acids is 4. The van der Waals surface area contributed by atoms with Crippen LogP contribution in [0.5, 0.6) is 0 Å². The Hall–Kier alpha value is -3.01. The van der Waals surface area contributed by atoms with E-state index in [2.05, 4.69) is 15.2 Å². The lowest BCUT2D eigenvalue weighted by Crippen LogP contribution is -2.58. The van der Waals surface area contributed by atoms with Gasteiger partial charge in [-0.05, 0) is 49.7 Å². The van der Waals surface area contributed by atoms with Crippen LogP contribution in [0.4, 0.5) is 4.79 Å². The summed E-state index contributed by atoms with van der Waals surface area (Å²) in [7, 11) is 0. The highest BCUT2D eigenvalue weighted by molar-refractivity contribution is 6.42. The molecular weight excluding hydrogens is 481 g/mol. The number of hydrazine groups is 1. The maximum Gasteiger partial charge on any atom is 0.343 e. The average molecular weight is 502 g/mol. The van der Waals surface area contributed by atoms with Crippen molar-refractivity contribution in [2.45, 2.75) is 31.7 Å². The van der Waals surface area contributed by atoms with Crippen LogP contribution in [0.2, 0.25) is 10.0 Å². The zero-order chi connectivity index (χ0) is 24.0. The van der Waals surface area contributed by atoms with Gasteiger partial charge in [0.1, 0.15) is 0 Å². The fourth-order valence-corrected chi connectivity index (χ4v) is 5.10.